The molecule has 2 rings (SSSR count). The number of piperidine rings is 1. The third-order valence-electron chi connectivity index (χ3n) is 4.21. The molecule has 1 heterocycles. The number of amides is 1. The Kier molecular flexibility index (Phi) is 5.98. The van der Waals surface area contributed by atoms with Crippen LogP contribution in [-0.2, 0) is 16.1 Å². The second-order valence-electron chi connectivity index (χ2n) is 5.92. The molecule has 1 amide bonds. The molecule has 6 heteroatoms. The molecule has 1 aliphatic rings. The molecule has 1 aliphatic heterocycles. The van der Waals surface area contributed by atoms with E-state index in [9.17, 15) is 14.7 Å². The summed E-state index contributed by atoms with van der Waals surface area (Å²) in [5, 5.41) is 12.1. The number of nitrogens with zero attached hydrogens (tertiary/aromatic N) is 1. The van der Waals surface area contributed by atoms with Crippen LogP contribution in [0, 0.1) is 0 Å². The minimum absolute atomic E-state index is 0.129. The normalized spacial score (nSPS) is 17.4. The predicted molar refractivity (Wildman–Crippen MR) is 86.1 cm³/mol. The zero-order valence-corrected chi connectivity index (χ0v) is 13.5. The second-order valence-corrected chi connectivity index (χ2v) is 5.92. The maximum absolute atomic E-state index is 12.0. The van der Waals surface area contributed by atoms with E-state index in [1.165, 1.54) is 0 Å². The van der Waals surface area contributed by atoms with Crippen molar-refractivity contribution in [2.45, 2.75) is 38.3 Å². The monoisotopic (exact) mass is 320 g/mol. The molecule has 0 spiro atoms. The van der Waals surface area contributed by atoms with Gasteiger partial charge in [0.15, 0.2) is 0 Å². The third kappa shape index (κ3) is 4.69. The lowest BCUT2D eigenvalue weighted by Gasteiger charge is -2.38. The van der Waals surface area contributed by atoms with Crippen molar-refractivity contribution in [3.05, 3.63) is 35.9 Å². The zero-order valence-electron chi connectivity index (χ0n) is 13.5. The Bertz CT molecular complexity index is 525. The molecule has 0 saturated carbocycles. The number of benzene rings is 1. The molecule has 0 aliphatic carbocycles. The van der Waals surface area contributed by atoms with Gasteiger partial charge in [-0.15, -0.1) is 0 Å². The number of likely N-dealkylation sites (tertiary alicyclic amines) is 1. The molecule has 2 N–H and O–H groups in total. The van der Waals surface area contributed by atoms with Crippen LogP contribution in [0.3, 0.4) is 0 Å². The minimum Gasteiger partial charge on any atom is -0.480 e. The highest BCUT2D eigenvalue weighted by Gasteiger charge is 2.43. The van der Waals surface area contributed by atoms with Gasteiger partial charge in [-0.25, -0.2) is 9.59 Å². The van der Waals surface area contributed by atoms with Crippen LogP contribution in [0.2, 0.25) is 0 Å². The van der Waals surface area contributed by atoms with E-state index in [0.29, 0.717) is 25.9 Å². The van der Waals surface area contributed by atoms with Crippen molar-refractivity contribution in [1.82, 2.24) is 10.2 Å². The highest BCUT2D eigenvalue weighted by atomic mass is 16.5. The Balaban J connectivity index is 1.89. The molecule has 1 aromatic rings. The van der Waals surface area contributed by atoms with Gasteiger partial charge in [-0.1, -0.05) is 37.3 Å². The highest BCUT2D eigenvalue weighted by Crippen LogP contribution is 2.23. The molecule has 1 fully saturated rings. The molecule has 1 saturated heterocycles. The number of hydrogen-bond donors (Lipinski definition) is 2. The first-order valence-corrected chi connectivity index (χ1v) is 8.00. The molecule has 126 valence electrons. The first-order chi connectivity index (χ1) is 11.1. The van der Waals surface area contributed by atoms with Gasteiger partial charge in [-0.3, -0.25) is 0 Å². The van der Waals surface area contributed by atoms with E-state index < -0.39 is 17.6 Å². The van der Waals surface area contributed by atoms with Crippen LogP contribution in [0.1, 0.15) is 31.7 Å². The fourth-order valence-corrected chi connectivity index (χ4v) is 2.82. The average Bonchev–Trinajstić information content (AvgIpc) is 2.56. The Labute approximate surface area is 136 Å². The van der Waals surface area contributed by atoms with Gasteiger partial charge in [0.05, 0.1) is 0 Å². The summed E-state index contributed by atoms with van der Waals surface area (Å²) in [5.74, 6) is -0.995. The van der Waals surface area contributed by atoms with Gasteiger partial charge in [-0.2, -0.15) is 0 Å². The highest BCUT2D eigenvalue weighted by molar-refractivity contribution is 5.84. The second kappa shape index (κ2) is 7.97. The maximum atomic E-state index is 12.0. The number of carboxylic acid groups (broad SMARTS) is 1. The quantitative estimate of drug-likeness (QED) is 0.840. The lowest BCUT2D eigenvalue weighted by Crippen LogP contribution is -2.60. The molecule has 23 heavy (non-hydrogen) atoms. The van der Waals surface area contributed by atoms with Crippen molar-refractivity contribution in [3.8, 4) is 0 Å². The molecule has 0 aromatic heterocycles. The van der Waals surface area contributed by atoms with E-state index in [2.05, 4.69) is 17.1 Å². The number of nitrogens with one attached hydrogen (secondary N) is 1. The van der Waals surface area contributed by atoms with Gasteiger partial charge in [0.2, 0.25) is 0 Å². The van der Waals surface area contributed by atoms with Gasteiger partial charge < -0.3 is 20.1 Å². The van der Waals surface area contributed by atoms with E-state index in [1.807, 2.05) is 30.3 Å². The van der Waals surface area contributed by atoms with Crippen LogP contribution in [0.15, 0.2) is 30.3 Å². The fourth-order valence-electron chi connectivity index (χ4n) is 2.82. The molecular formula is C17H24N2O4. The van der Waals surface area contributed by atoms with E-state index in [1.54, 1.807) is 0 Å². The van der Waals surface area contributed by atoms with Crippen molar-refractivity contribution in [3.63, 3.8) is 0 Å². The number of aliphatic carboxylic acids is 1. The van der Waals surface area contributed by atoms with Crippen molar-refractivity contribution in [2.24, 2.45) is 0 Å². The topological polar surface area (TPSA) is 78.9 Å². The number of carbonyl (C=O) groups is 2. The van der Waals surface area contributed by atoms with Gasteiger partial charge in [0.25, 0.3) is 0 Å². The van der Waals surface area contributed by atoms with Gasteiger partial charge in [0.1, 0.15) is 12.1 Å². The number of carboxylic acids is 1. The molecule has 6 nitrogen and oxygen atoms in total. The summed E-state index contributed by atoms with van der Waals surface area (Å²) >= 11 is 0. The third-order valence-corrected chi connectivity index (χ3v) is 4.21. The molecule has 0 unspecified atom stereocenters. The molecule has 0 atom stereocenters. The van der Waals surface area contributed by atoms with Crippen LogP contribution < -0.4 is 5.32 Å². The van der Waals surface area contributed by atoms with Crippen molar-refractivity contribution >= 4 is 12.1 Å². The van der Waals surface area contributed by atoms with Crippen LogP contribution in [-0.4, -0.2) is 47.2 Å². The average molecular weight is 320 g/mol. The summed E-state index contributed by atoms with van der Waals surface area (Å²) in [7, 11) is 0. The first-order valence-electron chi connectivity index (χ1n) is 8.00. The van der Waals surface area contributed by atoms with Gasteiger partial charge >= 0.3 is 12.1 Å². The van der Waals surface area contributed by atoms with E-state index in [0.717, 1.165) is 18.5 Å². The number of hydrogen-bond acceptors (Lipinski definition) is 4. The maximum Gasteiger partial charge on any atom is 0.408 e. The first kappa shape index (κ1) is 17.3. The Morgan fingerprint density at radius 2 is 1.91 bits per heavy atom. The Morgan fingerprint density at radius 3 is 2.48 bits per heavy atom. The fraction of sp³-hybridized carbons (Fsp3) is 0.529. The smallest absolute Gasteiger partial charge is 0.408 e. The standard InChI is InChI=1S/C17H24N2O4/c1-2-10-19-11-8-17(9-12-19,15(20)21)18-16(22)23-13-14-6-4-3-5-7-14/h3-7H,2,8-13H2,1H3,(H,18,22)(H,20,21). The number of alkyl carbamates (subject to hydrolysis) is 1. The summed E-state index contributed by atoms with van der Waals surface area (Å²) in [6.45, 7) is 4.51. The Hall–Kier alpha value is -2.08. The number of rotatable bonds is 6. The van der Waals surface area contributed by atoms with Gasteiger partial charge in [0, 0.05) is 13.1 Å². The Morgan fingerprint density at radius 1 is 1.26 bits per heavy atom. The molecule has 0 bridgehead atoms. The van der Waals surface area contributed by atoms with Crippen molar-refractivity contribution < 1.29 is 19.4 Å². The zero-order chi connectivity index (χ0) is 16.7. The lowest BCUT2D eigenvalue weighted by atomic mass is 9.87. The van der Waals surface area contributed by atoms with Crippen molar-refractivity contribution in [2.75, 3.05) is 19.6 Å². The van der Waals surface area contributed by atoms with E-state index in [-0.39, 0.29) is 6.61 Å². The number of carbonyl (C=O) groups excluding carboxylic acids is 1. The molecular weight excluding hydrogens is 296 g/mol. The summed E-state index contributed by atoms with van der Waals surface area (Å²) in [6, 6.07) is 9.30. The number of ether oxygens (including phenoxy) is 1. The molecule has 1 aromatic carbocycles. The van der Waals surface area contributed by atoms with Crippen LogP contribution in [0.25, 0.3) is 0 Å². The van der Waals surface area contributed by atoms with Crippen LogP contribution >= 0.6 is 0 Å². The van der Waals surface area contributed by atoms with E-state index >= 15 is 0 Å². The minimum atomic E-state index is -1.22. The molecule has 0 radical (unpaired) electrons. The van der Waals surface area contributed by atoms with Gasteiger partial charge in [-0.05, 0) is 31.4 Å². The van der Waals surface area contributed by atoms with E-state index in [4.69, 9.17) is 4.74 Å². The lowest BCUT2D eigenvalue weighted by molar-refractivity contribution is -0.146. The predicted octanol–water partition coefficient (Wildman–Crippen LogP) is 2.24. The summed E-state index contributed by atoms with van der Waals surface area (Å²) in [6.07, 6.45) is 1.14. The largest absolute Gasteiger partial charge is 0.480 e. The summed E-state index contributed by atoms with van der Waals surface area (Å²) in [5.41, 5.74) is -0.359. The van der Waals surface area contributed by atoms with Crippen LogP contribution in [0.4, 0.5) is 4.79 Å². The summed E-state index contributed by atoms with van der Waals surface area (Å²) in [4.78, 5) is 25.9. The SMILES string of the molecule is CCCN1CCC(NC(=O)OCc2ccccc2)(C(=O)O)CC1. The van der Waals surface area contributed by atoms with Crippen molar-refractivity contribution in [1.29, 1.82) is 0 Å². The van der Waals surface area contributed by atoms with Crippen LogP contribution in [0.5, 0.6) is 0 Å². The summed E-state index contributed by atoms with van der Waals surface area (Å²) < 4.78 is 5.15.